The average molecular weight is 326 g/mol. The maximum atomic E-state index is 9.99. The molecule has 2 aromatic rings. The van der Waals surface area contributed by atoms with Gasteiger partial charge in [0.05, 0.1) is 6.10 Å². The van der Waals surface area contributed by atoms with Crippen LogP contribution < -0.4 is 5.32 Å². The van der Waals surface area contributed by atoms with Crippen LogP contribution in [0.15, 0.2) is 40.9 Å². The van der Waals surface area contributed by atoms with Crippen molar-refractivity contribution in [2.75, 3.05) is 6.54 Å². The smallest absolute Gasteiger partial charge is 0.0914 e. The van der Waals surface area contributed by atoms with Crippen molar-refractivity contribution >= 4 is 27.3 Å². The molecule has 0 fully saturated rings. The number of benzene rings is 1. The van der Waals surface area contributed by atoms with Gasteiger partial charge in [-0.05, 0) is 34.5 Å². The van der Waals surface area contributed by atoms with E-state index in [0.29, 0.717) is 6.54 Å². The molecule has 2 nitrogen and oxygen atoms in total. The fourth-order valence-corrected chi connectivity index (χ4v) is 3.30. The SMILES string of the molecule is Cc1sc(CNCC(O)c2ccccc2)cc1Br. The third kappa shape index (κ3) is 3.65. The quantitative estimate of drug-likeness (QED) is 0.879. The van der Waals surface area contributed by atoms with Gasteiger partial charge in [0, 0.05) is 27.3 Å². The summed E-state index contributed by atoms with van der Waals surface area (Å²) < 4.78 is 1.16. The number of aryl methyl sites for hydroxylation is 1. The number of hydrogen-bond donors (Lipinski definition) is 2. The normalized spacial score (nSPS) is 12.6. The van der Waals surface area contributed by atoms with E-state index in [0.717, 1.165) is 16.6 Å². The minimum absolute atomic E-state index is 0.448. The van der Waals surface area contributed by atoms with Crippen molar-refractivity contribution in [3.8, 4) is 0 Å². The lowest BCUT2D eigenvalue weighted by atomic mass is 10.1. The summed E-state index contributed by atoms with van der Waals surface area (Å²) in [6.45, 7) is 3.46. The van der Waals surface area contributed by atoms with Crippen molar-refractivity contribution in [1.29, 1.82) is 0 Å². The number of nitrogens with one attached hydrogen (secondary N) is 1. The maximum absolute atomic E-state index is 9.99. The molecule has 2 rings (SSSR count). The molecule has 0 bridgehead atoms. The first-order chi connectivity index (χ1) is 8.66. The lowest BCUT2D eigenvalue weighted by Crippen LogP contribution is -2.20. The molecular formula is C14H16BrNOS. The molecule has 0 aliphatic rings. The van der Waals surface area contributed by atoms with Gasteiger partial charge in [0.25, 0.3) is 0 Å². The Balaban J connectivity index is 1.82. The van der Waals surface area contributed by atoms with Crippen molar-refractivity contribution in [3.05, 3.63) is 56.2 Å². The van der Waals surface area contributed by atoms with Crippen molar-refractivity contribution < 1.29 is 5.11 Å². The molecule has 1 aromatic heterocycles. The van der Waals surface area contributed by atoms with E-state index in [1.807, 2.05) is 30.3 Å². The predicted molar refractivity (Wildman–Crippen MR) is 79.9 cm³/mol. The molecule has 0 aliphatic heterocycles. The largest absolute Gasteiger partial charge is 0.387 e. The number of halogens is 1. The first-order valence-corrected chi connectivity index (χ1v) is 7.46. The van der Waals surface area contributed by atoms with E-state index >= 15 is 0 Å². The highest BCUT2D eigenvalue weighted by molar-refractivity contribution is 9.10. The van der Waals surface area contributed by atoms with Gasteiger partial charge in [0.15, 0.2) is 0 Å². The monoisotopic (exact) mass is 325 g/mol. The van der Waals surface area contributed by atoms with Gasteiger partial charge < -0.3 is 10.4 Å². The van der Waals surface area contributed by atoms with Gasteiger partial charge in [-0.15, -0.1) is 11.3 Å². The fourth-order valence-electron chi connectivity index (χ4n) is 1.73. The van der Waals surface area contributed by atoms with E-state index in [2.05, 4.69) is 34.2 Å². The summed E-state index contributed by atoms with van der Waals surface area (Å²) >= 11 is 5.28. The number of thiophene rings is 1. The number of rotatable bonds is 5. The van der Waals surface area contributed by atoms with Crippen LogP contribution in [-0.2, 0) is 6.54 Å². The second-order valence-electron chi connectivity index (χ2n) is 4.17. The highest BCUT2D eigenvalue weighted by atomic mass is 79.9. The highest BCUT2D eigenvalue weighted by Gasteiger charge is 2.07. The van der Waals surface area contributed by atoms with Crippen LogP contribution in [0.2, 0.25) is 0 Å². The Morgan fingerprint density at radius 3 is 2.67 bits per heavy atom. The zero-order chi connectivity index (χ0) is 13.0. The van der Waals surface area contributed by atoms with E-state index in [9.17, 15) is 5.11 Å². The predicted octanol–water partition coefficient (Wildman–Crippen LogP) is 3.64. The van der Waals surface area contributed by atoms with Crippen LogP contribution in [0.25, 0.3) is 0 Å². The molecule has 18 heavy (non-hydrogen) atoms. The molecule has 1 unspecified atom stereocenters. The first-order valence-electron chi connectivity index (χ1n) is 5.85. The van der Waals surface area contributed by atoms with Gasteiger partial charge in [-0.2, -0.15) is 0 Å². The van der Waals surface area contributed by atoms with E-state index in [-0.39, 0.29) is 0 Å². The second kappa shape index (κ2) is 6.48. The van der Waals surface area contributed by atoms with Gasteiger partial charge in [0.1, 0.15) is 0 Å². The van der Waals surface area contributed by atoms with Crippen molar-refractivity contribution in [1.82, 2.24) is 5.32 Å². The summed E-state index contributed by atoms with van der Waals surface area (Å²) in [6.07, 6.45) is -0.448. The lowest BCUT2D eigenvalue weighted by molar-refractivity contribution is 0.174. The topological polar surface area (TPSA) is 32.3 Å². The summed E-state index contributed by atoms with van der Waals surface area (Å²) in [6, 6.07) is 11.9. The standard InChI is InChI=1S/C14H16BrNOS/c1-10-13(15)7-12(18-10)8-16-9-14(17)11-5-3-2-4-6-11/h2-7,14,16-17H,8-9H2,1H3. The first kappa shape index (κ1) is 13.7. The van der Waals surface area contributed by atoms with E-state index in [1.54, 1.807) is 11.3 Å². The van der Waals surface area contributed by atoms with Crippen LogP contribution in [0.5, 0.6) is 0 Å². The van der Waals surface area contributed by atoms with Gasteiger partial charge in [-0.25, -0.2) is 0 Å². The van der Waals surface area contributed by atoms with Gasteiger partial charge in [0.2, 0.25) is 0 Å². The summed E-state index contributed by atoms with van der Waals surface area (Å²) in [5.74, 6) is 0. The Hall–Kier alpha value is -0.680. The minimum atomic E-state index is -0.448. The molecule has 1 heterocycles. The van der Waals surface area contributed by atoms with Crippen LogP contribution >= 0.6 is 27.3 Å². The van der Waals surface area contributed by atoms with E-state index in [4.69, 9.17) is 0 Å². The summed E-state index contributed by atoms with van der Waals surface area (Å²) in [5.41, 5.74) is 0.952. The summed E-state index contributed by atoms with van der Waals surface area (Å²) in [7, 11) is 0. The molecule has 0 radical (unpaired) electrons. The zero-order valence-corrected chi connectivity index (χ0v) is 12.6. The Morgan fingerprint density at radius 1 is 1.33 bits per heavy atom. The zero-order valence-electron chi connectivity index (χ0n) is 10.2. The van der Waals surface area contributed by atoms with Gasteiger partial charge in [-0.3, -0.25) is 0 Å². The van der Waals surface area contributed by atoms with Gasteiger partial charge in [-0.1, -0.05) is 30.3 Å². The highest BCUT2D eigenvalue weighted by Crippen LogP contribution is 2.26. The number of aliphatic hydroxyl groups is 1. The molecule has 0 saturated carbocycles. The van der Waals surface area contributed by atoms with Crippen molar-refractivity contribution in [2.45, 2.75) is 19.6 Å². The maximum Gasteiger partial charge on any atom is 0.0914 e. The summed E-state index contributed by atoms with van der Waals surface area (Å²) in [5, 5.41) is 13.3. The fraction of sp³-hybridized carbons (Fsp3) is 0.286. The molecule has 0 aliphatic carbocycles. The second-order valence-corrected chi connectivity index (χ2v) is 6.37. The molecule has 0 saturated heterocycles. The molecule has 2 N–H and O–H groups in total. The Morgan fingerprint density at radius 2 is 2.06 bits per heavy atom. The summed E-state index contributed by atoms with van der Waals surface area (Å²) in [4.78, 5) is 2.56. The number of hydrogen-bond acceptors (Lipinski definition) is 3. The Labute approximate surface area is 120 Å². The van der Waals surface area contributed by atoms with Crippen LogP contribution in [0, 0.1) is 6.92 Å². The average Bonchev–Trinajstić information content (AvgIpc) is 2.69. The molecule has 4 heteroatoms. The molecule has 1 aromatic carbocycles. The van der Waals surface area contributed by atoms with Crippen LogP contribution in [0.1, 0.15) is 21.4 Å². The van der Waals surface area contributed by atoms with Crippen LogP contribution in [-0.4, -0.2) is 11.7 Å². The van der Waals surface area contributed by atoms with E-state index < -0.39 is 6.10 Å². The third-order valence-electron chi connectivity index (χ3n) is 2.73. The lowest BCUT2D eigenvalue weighted by Gasteiger charge is -2.11. The Bertz CT molecular complexity index is 478. The molecule has 0 spiro atoms. The van der Waals surface area contributed by atoms with Crippen LogP contribution in [0.3, 0.4) is 0 Å². The minimum Gasteiger partial charge on any atom is -0.387 e. The van der Waals surface area contributed by atoms with E-state index in [1.165, 1.54) is 9.75 Å². The molecule has 96 valence electrons. The van der Waals surface area contributed by atoms with Gasteiger partial charge >= 0.3 is 0 Å². The Kier molecular flexibility index (Phi) is 4.95. The van der Waals surface area contributed by atoms with Crippen molar-refractivity contribution in [2.24, 2.45) is 0 Å². The van der Waals surface area contributed by atoms with Crippen molar-refractivity contribution in [3.63, 3.8) is 0 Å². The third-order valence-corrected chi connectivity index (χ3v) is 4.87. The van der Waals surface area contributed by atoms with Crippen LogP contribution in [0.4, 0.5) is 0 Å². The molecular weight excluding hydrogens is 310 g/mol. The molecule has 0 amide bonds. The molecule has 1 atom stereocenters. The number of aliphatic hydroxyl groups excluding tert-OH is 1.